The first kappa shape index (κ1) is 39.5. The summed E-state index contributed by atoms with van der Waals surface area (Å²) in [5.41, 5.74) is 16.9. The van der Waals surface area contributed by atoms with Gasteiger partial charge in [-0.2, -0.15) is 0 Å². The van der Waals surface area contributed by atoms with Crippen LogP contribution in [0.1, 0.15) is 23.2 Å². The van der Waals surface area contributed by atoms with Gasteiger partial charge in [0.2, 0.25) is 0 Å². The molecule has 1 aliphatic carbocycles. The van der Waals surface area contributed by atoms with Crippen LogP contribution in [0.15, 0.2) is 237 Å². The van der Waals surface area contributed by atoms with Crippen molar-refractivity contribution in [2.24, 2.45) is 0 Å². The molecule has 0 aliphatic heterocycles. The number of benzene rings is 9. The van der Waals surface area contributed by atoms with Gasteiger partial charge in [-0.1, -0.05) is 164 Å². The SMILES string of the molecule is C1=CC/C(c2cccc3ccccc23)=C\c2c(nc(-c3ccc(-n4c5ccccc5c5cc(-c6ccc7c(c6)c6ccccc6n7-c6ccccc6)ccc54)cc3)nc2-c2ccccc2)CC=C1. The molecule has 0 fully saturated rings. The van der Waals surface area contributed by atoms with Crippen molar-refractivity contribution in [3.8, 4) is 45.1 Å². The molecule has 4 nitrogen and oxygen atoms in total. The summed E-state index contributed by atoms with van der Waals surface area (Å²) in [6.07, 6.45) is 12.6. The van der Waals surface area contributed by atoms with Crippen molar-refractivity contribution in [3.63, 3.8) is 0 Å². The standard InChI is InChI=1S/C64H44N4/c1-2-10-29-58-57(42-48(21-5-1)52-28-17-22-43-18-11-12-25-51(43)52)63(44-19-6-3-7-20-44)66-64(65-58)45-32-36-50(37-33-45)68-60-31-16-14-27-54(60)56-41-47(35-39-62(56)68)46-34-38-61-55(40-46)53-26-13-15-30-59(53)67(61)49-23-8-4-9-24-49/h1-20,22-28,30-42H,21,29H2/b5-1?,10-2?,48-42+. The van der Waals surface area contributed by atoms with E-state index in [4.69, 9.17) is 9.97 Å². The summed E-state index contributed by atoms with van der Waals surface area (Å²) in [7, 11) is 0. The number of para-hydroxylation sites is 3. The van der Waals surface area contributed by atoms with Crippen LogP contribution in [0.5, 0.6) is 0 Å². The van der Waals surface area contributed by atoms with Crippen LogP contribution in [0.3, 0.4) is 0 Å². The minimum atomic E-state index is 0.681. The molecular formula is C64H44N4. The van der Waals surface area contributed by atoms with Crippen molar-refractivity contribution in [2.45, 2.75) is 12.8 Å². The zero-order chi connectivity index (χ0) is 45.0. The lowest BCUT2D eigenvalue weighted by Crippen LogP contribution is -2.04. The van der Waals surface area contributed by atoms with Gasteiger partial charge in [0.1, 0.15) is 0 Å². The summed E-state index contributed by atoms with van der Waals surface area (Å²) < 4.78 is 4.76. The summed E-state index contributed by atoms with van der Waals surface area (Å²) in [6.45, 7) is 0. The molecule has 0 unspecified atom stereocenters. The van der Waals surface area contributed by atoms with Crippen molar-refractivity contribution in [1.82, 2.24) is 19.1 Å². The minimum absolute atomic E-state index is 0.681. The first-order chi connectivity index (χ1) is 33.7. The Morgan fingerprint density at radius 2 is 0.897 bits per heavy atom. The van der Waals surface area contributed by atoms with Gasteiger partial charge in [-0.05, 0) is 118 Å². The Morgan fingerprint density at radius 1 is 0.368 bits per heavy atom. The number of allylic oxidation sites excluding steroid dienone is 5. The van der Waals surface area contributed by atoms with Crippen LogP contribution in [0.2, 0.25) is 0 Å². The molecule has 68 heavy (non-hydrogen) atoms. The molecule has 0 amide bonds. The molecule has 3 heterocycles. The van der Waals surface area contributed by atoms with Crippen molar-refractivity contribution in [2.75, 3.05) is 0 Å². The summed E-state index contributed by atoms with van der Waals surface area (Å²) in [5, 5.41) is 7.41. The zero-order valence-electron chi connectivity index (χ0n) is 37.3. The summed E-state index contributed by atoms with van der Waals surface area (Å²) in [5.74, 6) is 0.714. The average Bonchev–Trinajstić information content (AvgIpc) is 3.92. The third-order valence-electron chi connectivity index (χ3n) is 13.6. The van der Waals surface area contributed by atoms with E-state index in [9.17, 15) is 0 Å². The number of hydrogen-bond acceptors (Lipinski definition) is 2. The molecule has 320 valence electrons. The van der Waals surface area contributed by atoms with Crippen LogP contribution in [0.4, 0.5) is 0 Å². The maximum atomic E-state index is 5.42. The monoisotopic (exact) mass is 868 g/mol. The maximum absolute atomic E-state index is 5.42. The largest absolute Gasteiger partial charge is 0.309 e. The first-order valence-corrected chi connectivity index (χ1v) is 23.4. The predicted molar refractivity (Wildman–Crippen MR) is 285 cm³/mol. The van der Waals surface area contributed by atoms with Gasteiger partial charge in [0.15, 0.2) is 5.82 Å². The van der Waals surface area contributed by atoms with E-state index in [-0.39, 0.29) is 0 Å². The smallest absolute Gasteiger partial charge is 0.160 e. The molecule has 4 heteroatoms. The molecule has 0 saturated heterocycles. The van der Waals surface area contributed by atoms with E-state index < -0.39 is 0 Å². The van der Waals surface area contributed by atoms with Gasteiger partial charge in [-0.3, -0.25) is 0 Å². The van der Waals surface area contributed by atoms with Crippen LogP contribution in [-0.4, -0.2) is 19.1 Å². The number of hydrogen-bond donors (Lipinski definition) is 0. The molecule has 3 aromatic heterocycles. The summed E-state index contributed by atoms with van der Waals surface area (Å²) >= 11 is 0. The second-order valence-corrected chi connectivity index (χ2v) is 17.6. The predicted octanol–water partition coefficient (Wildman–Crippen LogP) is 16.4. The molecule has 9 aromatic carbocycles. The van der Waals surface area contributed by atoms with E-state index in [0.29, 0.717) is 12.2 Å². The molecule has 0 atom stereocenters. The van der Waals surface area contributed by atoms with Crippen LogP contribution >= 0.6 is 0 Å². The highest BCUT2D eigenvalue weighted by Crippen LogP contribution is 2.40. The number of aromatic nitrogens is 4. The van der Waals surface area contributed by atoms with E-state index in [0.717, 1.165) is 51.4 Å². The zero-order valence-corrected chi connectivity index (χ0v) is 37.3. The third kappa shape index (κ3) is 6.77. The molecule has 1 aliphatic rings. The fourth-order valence-corrected chi connectivity index (χ4v) is 10.4. The molecule has 12 aromatic rings. The fourth-order valence-electron chi connectivity index (χ4n) is 10.4. The van der Waals surface area contributed by atoms with E-state index in [1.54, 1.807) is 0 Å². The molecule has 0 radical (unpaired) electrons. The normalized spacial score (nSPS) is 13.6. The third-order valence-corrected chi connectivity index (χ3v) is 13.6. The van der Waals surface area contributed by atoms with E-state index in [1.165, 1.54) is 71.1 Å². The summed E-state index contributed by atoms with van der Waals surface area (Å²) in [4.78, 5) is 10.8. The van der Waals surface area contributed by atoms with Crippen molar-refractivity contribution in [3.05, 3.63) is 253 Å². The Labute approximate surface area is 394 Å². The molecule has 0 saturated carbocycles. The van der Waals surface area contributed by atoms with Crippen molar-refractivity contribution in [1.29, 1.82) is 0 Å². The van der Waals surface area contributed by atoms with E-state index >= 15 is 0 Å². The maximum Gasteiger partial charge on any atom is 0.160 e. The highest BCUT2D eigenvalue weighted by Gasteiger charge is 2.20. The number of nitrogens with zero attached hydrogens (tertiary/aromatic N) is 4. The fraction of sp³-hybridized carbons (Fsp3) is 0.0312. The Balaban J connectivity index is 0.908. The van der Waals surface area contributed by atoms with Gasteiger partial charge in [0, 0.05) is 56.0 Å². The Kier molecular flexibility index (Phi) is 9.61. The van der Waals surface area contributed by atoms with Crippen LogP contribution in [0, 0.1) is 0 Å². The van der Waals surface area contributed by atoms with Gasteiger partial charge < -0.3 is 9.13 Å². The van der Waals surface area contributed by atoms with Crippen LogP contribution in [0.25, 0.3) is 111 Å². The van der Waals surface area contributed by atoms with E-state index in [2.05, 4.69) is 252 Å². The Hall–Kier alpha value is -8.86. The van der Waals surface area contributed by atoms with E-state index in [1.807, 2.05) is 0 Å². The second kappa shape index (κ2) is 16.5. The topological polar surface area (TPSA) is 35.6 Å². The number of rotatable bonds is 6. The van der Waals surface area contributed by atoms with Gasteiger partial charge >= 0.3 is 0 Å². The van der Waals surface area contributed by atoms with Crippen molar-refractivity contribution >= 4 is 66.0 Å². The lowest BCUT2D eigenvalue weighted by Gasteiger charge is -2.17. The van der Waals surface area contributed by atoms with Crippen LogP contribution in [-0.2, 0) is 6.42 Å². The second-order valence-electron chi connectivity index (χ2n) is 17.6. The molecule has 0 N–H and O–H groups in total. The summed E-state index contributed by atoms with van der Waals surface area (Å²) in [6, 6.07) is 76.5. The highest BCUT2D eigenvalue weighted by atomic mass is 15.0. The van der Waals surface area contributed by atoms with Gasteiger partial charge in [0.25, 0.3) is 0 Å². The van der Waals surface area contributed by atoms with Crippen LogP contribution < -0.4 is 0 Å². The lowest BCUT2D eigenvalue weighted by atomic mass is 9.92. The van der Waals surface area contributed by atoms with Crippen molar-refractivity contribution < 1.29 is 0 Å². The molecule has 0 bridgehead atoms. The molecule has 0 spiro atoms. The quantitative estimate of drug-likeness (QED) is 0.167. The lowest BCUT2D eigenvalue weighted by molar-refractivity contribution is 1.05. The average molecular weight is 869 g/mol. The molecular weight excluding hydrogens is 825 g/mol. The number of fused-ring (bicyclic) bond motifs is 8. The highest BCUT2D eigenvalue weighted by molar-refractivity contribution is 6.13. The molecule has 13 rings (SSSR count). The van der Waals surface area contributed by atoms with Gasteiger partial charge in [-0.25, -0.2) is 9.97 Å². The Bertz CT molecular complexity index is 3990. The van der Waals surface area contributed by atoms with Gasteiger partial charge in [0.05, 0.1) is 33.5 Å². The minimum Gasteiger partial charge on any atom is -0.309 e. The van der Waals surface area contributed by atoms with Gasteiger partial charge in [-0.15, -0.1) is 0 Å². The first-order valence-electron chi connectivity index (χ1n) is 23.4. The Morgan fingerprint density at radius 3 is 1.57 bits per heavy atom.